The Bertz CT molecular complexity index is 915. The number of anilines is 2. The summed E-state index contributed by atoms with van der Waals surface area (Å²) in [4.78, 5) is 25.2. The lowest BCUT2D eigenvalue weighted by molar-refractivity contribution is 0.102. The van der Waals surface area contributed by atoms with E-state index in [4.69, 9.17) is 4.74 Å². The molecule has 0 fully saturated rings. The highest BCUT2D eigenvalue weighted by Gasteiger charge is 2.11. The van der Waals surface area contributed by atoms with E-state index in [0.717, 1.165) is 11.3 Å². The van der Waals surface area contributed by atoms with Gasteiger partial charge in [0.2, 0.25) is 0 Å². The molecule has 0 bridgehead atoms. The summed E-state index contributed by atoms with van der Waals surface area (Å²) < 4.78 is 5.09. The fourth-order valence-corrected chi connectivity index (χ4v) is 3.20. The molecule has 0 saturated heterocycles. The summed E-state index contributed by atoms with van der Waals surface area (Å²) in [6.45, 7) is 1.90. The van der Waals surface area contributed by atoms with E-state index in [2.05, 4.69) is 10.6 Å². The summed E-state index contributed by atoms with van der Waals surface area (Å²) in [6, 6.07) is 15.8. The quantitative estimate of drug-likeness (QED) is 0.695. The number of amides is 2. The van der Waals surface area contributed by atoms with Crippen LogP contribution in [0.4, 0.5) is 11.4 Å². The fourth-order valence-electron chi connectivity index (χ4n) is 2.38. The highest BCUT2D eigenvalue weighted by Crippen LogP contribution is 2.19. The maximum atomic E-state index is 12.3. The molecule has 0 atom stereocenters. The van der Waals surface area contributed by atoms with Gasteiger partial charge in [0.1, 0.15) is 5.75 Å². The third-order valence-electron chi connectivity index (χ3n) is 3.82. The van der Waals surface area contributed by atoms with Crippen LogP contribution < -0.4 is 15.4 Å². The minimum Gasteiger partial charge on any atom is -0.497 e. The van der Waals surface area contributed by atoms with Gasteiger partial charge < -0.3 is 15.4 Å². The van der Waals surface area contributed by atoms with Gasteiger partial charge >= 0.3 is 0 Å². The van der Waals surface area contributed by atoms with Crippen molar-refractivity contribution in [3.63, 3.8) is 0 Å². The lowest BCUT2D eigenvalue weighted by Crippen LogP contribution is -2.13. The number of aryl methyl sites for hydroxylation is 1. The molecule has 2 aromatic carbocycles. The Balaban J connectivity index is 1.63. The van der Waals surface area contributed by atoms with Gasteiger partial charge in [-0.3, -0.25) is 9.59 Å². The summed E-state index contributed by atoms with van der Waals surface area (Å²) in [7, 11) is 1.59. The van der Waals surface area contributed by atoms with E-state index in [0.29, 0.717) is 21.8 Å². The molecular weight excluding hydrogens is 348 g/mol. The largest absolute Gasteiger partial charge is 0.497 e. The van der Waals surface area contributed by atoms with Crippen LogP contribution in [0.25, 0.3) is 0 Å². The average molecular weight is 366 g/mol. The zero-order valence-corrected chi connectivity index (χ0v) is 15.2. The van der Waals surface area contributed by atoms with E-state index < -0.39 is 0 Å². The van der Waals surface area contributed by atoms with Crippen LogP contribution in [0, 0.1) is 6.92 Å². The summed E-state index contributed by atoms with van der Waals surface area (Å²) in [5.74, 6) is 0.360. The standard InChI is InChI=1S/C20H18N2O3S/c1-13-11-12-26-18(13)20(24)22-15-5-3-14(4-6-15)19(23)21-16-7-9-17(25-2)10-8-16/h3-12H,1-2H3,(H,21,23)(H,22,24). The van der Waals surface area contributed by atoms with Crippen molar-refractivity contribution < 1.29 is 14.3 Å². The number of rotatable bonds is 5. The highest BCUT2D eigenvalue weighted by molar-refractivity contribution is 7.12. The molecule has 3 aromatic rings. The summed E-state index contributed by atoms with van der Waals surface area (Å²) in [5, 5.41) is 7.54. The van der Waals surface area contributed by atoms with Crippen molar-refractivity contribution in [2.45, 2.75) is 6.92 Å². The normalized spacial score (nSPS) is 10.2. The molecule has 3 rings (SSSR count). The van der Waals surface area contributed by atoms with Gasteiger partial charge in [-0.2, -0.15) is 0 Å². The number of thiophene rings is 1. The highest BCUT2D eigenvalue weighted by atomic mass is 32.1. The van der Waals surface area contributed by atoms with Gasteiger partial charge in [-0.1, -0.05) is 0 Å². The van der Waals surface area contributed by atoms with Crippen LogP contribution in [0.1, 0.15) is 25.6 Å². The molecule has 1 heterocycles. The average Bonchev–Trinajstić information content (AvgIpc) is 3.09. The Morgan fingerprint density at radius 3 is 1.96 bits per heavy atom. The smallest absolute Gasteiger partial charge is 0.265 e. The van der Waals surface area contributed by atoms with Crippen LogP contribution in [-0.2, 0) is 0 Å². The van der Waals surface area contributed by atoms with Crippen molar-refractivity contribution in [1.82, 2.24) is 0 Å². The summed E-state index contributed by atoms with van der Waals surface area (Å²) >= 11 is 1.40. The molecule has 5 nitrogen and oxygen atoms in total. The second-order valence-corrected chi connectivity index (χ2v) is 6.56. The maximum absolute atomic E-state index is 12.3. The first kappa shape index (κ1) is 17.7. The van der Waals surface area contributed by atoms with Gasteiger partial charge in [0.25, 0.3) is 11.8 Å². The van der Waals surface area contributed by atoms with Crippen molar-refractivity contribution in [3.8, 4) is 5.75 Å². The van der Waals surface area contributed by atoms with Gasteiger partial charge in [-0.25, -0.2) is 0 Å². The fraction of sp³-hybridized carbons (Fsp3) is 0.100. The topological polar surface area (TPSA) is 67.4 Å². The molecular formula is C20H18N2O3S. The number of benzene rings is 2. The minimum absolute atomic E-state index is 0.145. The minimum atomic E-state index is -0.220. The molecule has 26 heavy (non-hydrogen) atoms. The van der Waals surface area contributed by atoms with Crippen LogP contribution in [0.3, 0.4) is 0 Å². The van der Waals surface area contributed by atoms with E-state index in [9.17, 15) is 9.59 Å². The zero-order valence-electron chi connectivity index (χ0n) is 14.4. The number of carbonyl (C=O) groups excluding carboxylic acids is 2. The van der Waals surface area contributed by atoms with Crippen molar-refractivity contribution in [1.29, 1.82) is 0 Å². The molecule has 0 aliphatic heterocycles. The van der Waals surface area contributed by atoms with E-state index in [1.165, 1.54) is 11.3 Å². The van der Waals surface area contributed by atoms with Crippen molar-refractivity contribution >= 4 is 34.5 Å². The number of nitrogens with one attached hydrogen (secondary N) is 2. The second-order valence-electron chi connectivity index (χ2n) is 5.65. The second kappa shape index (κ2) is 7.84. The molecule has 6 heteroatoms. The Morgan fingerprint density at radius 2 is 1.42 bits per heavy atom. The van der Waals surface area contributed by atoms with E-state index in [1.54, 1.807) is 55.6 Å². The first-order valence-electron chi connectivity index (χ1n) is 7.98. The Morgan fingerprint density at radius 1 is 0.846 bits per heavy atom. The number of methoxy groups -OCH3 is 1. The van der Waals surface area contributed by atoms with Crippen molar-refractivity contribution in [2.24, 2.45) is 0 Å². The predicted octanol–water partition coefficient (Wildman–Crippen LogP) is 4.57. The molecule has 0 aliphatic rings. The molecule has 0 saturated carbocycles. The van der Waals surface area contributed by atoms with Crippen LogP contribution in [-0.4, -0.2) is 18.9 Å². The molecule has 0 radical (unpaired) electrons. The monoisotopic (exact) mass is 366 g/mol. The van der Waals surface area contributed by atoms with Crippen molar-refractivity contribution in [3.05, 3.63) is 76.0 Å². The van der Waals surface area contributed by atoms with E-state index in [-0.39, 0.29) is 11.8 Å². The van der Waals surface area contributed by atoms with Crippen LogP contribution in [0.15, 0.2) is 60.0 Å². The summed E-state index contributed by atoms with van der Waals surface area (Å²) in [6.07, 6.45) is 0. The van der Waals surface area contributed by atoms with Gasteiger partial charge in [0.15, 0.2) is 0 Å². The molecule has 0 aliphatic carbocycles. The van der Waals surface area contributed by atoms with Crippen LogP contribution in [0.2, 0.25) is 0 Å². The number of hydrogen-bond donors (Lipinski definition) is 2. The molecule has 2 amide bonds. The summed E-state index contributed by atoms with van der Waals surface area (Å²) in [5.41, 5.74) is 2.78. The van der Waals surface area contributed by atoms with Crippen LogP contribution >= 0.6 is 11.3 Å². The lowest BCUT2D eigenvalue weighted by atomic mass is 10.2. The molecule has 0 spiro atoms. The number of ether oxygens (including phenoxy) is 1. The first-order chi connectivity index (χ1) is 12.6. The number of hydrogen-bond acceptors (Lipinski definition) is 4. The SMILES string of the molecule is COc1ccc(NC(=O)c2ccc(NC(=O)c3sccc3C)cc2)cc1. The molecule has 1 aromatic heterocycles. The van der Waals surface area contributed by atoms with E-state index in [1.807, 2.05) is 18.4 Å². The maximum Gasteiger partial charge on any atom is 0.265 e. The molecule has 0 unspecified atom stereocenters. The Hall–Kier alpha value is -3.12. The first-order valence-corrected chi connectivity index (χ1v) is 8.85. The molecule has 132 valence electrons. The molecule has 2 N–H and O–H groups in total. The zero-order chi connectivity index (χ0) is 18.5. The van der Waals surface area contributed by atoms with Crippen molar-refractivity contribution in [2.75, 3.05) is 17.7 Å². The Kier molecular flexibility index (Phi) is 5.34. The third-order valence-corrected chi connectivity index (χ3v) is 4.84. The van der Waals surface area contributed by atoms with Gasteiger partial charge in [0.05, 0.1) is 12.0 Å². The lowest BCUT2D eigenvalue weighted by Gasteiger charge is -2.08. The van der Waals surface area contributed by atoms with Gasteiger partial charge in [-0.15, -0.1) is 11.3 Å². The Labute approximate surface area is 155 Å². The van der Waals surface area contributed by atoms with Crippen LogP contribution in [0.5, 0.6) is 5.75 Å². The van der Waals surface area contributed by atoms with Gasteiger partial charge in [-0.05, 0) is 72.5 Å². The van der Waals surface area contributed by atoms with Gasteiger partial charge in [0, 0.05) is 16.9 Å². The number of carbonyl (C=O) groups is 2. The predicted molar refractivity (Wildman–Crippen MR) is 104 cm³/mol. The van der Waals surface area contributed by atoms with E-state index >= 15 is 0 Å². The third kappa shape index (κ3) is 4.10.